The van der Waals surface area contributed by atoms with Crippen molar-refractivity contribution in [2.24, 2.45) is 0 Å². The minimum atomic E-state index is -0.731. The Bertz CT molecular complexity index is 785. The first-order valence-corrected chi connectivity index (χ1v) is 11.4. The summed E-state index contributed by atoms with van der Waals surface area (Å²) >= 11 is 0. The van der Waals surface area contributed by atoms with E-state index in [2.05, 4.69) is 22.0 Å². The molecule has 0 atom stereocenters. The molecule has 0 bridgehead atoms. The van der Waals surface area contributed by atoms with Crippen LogP contribution in [0.15, 0.2) is 18.2 Å². The number of carbonyl (C=O) groups excluding carboxylic acids is 2. The molecule has 0 heterocycles. The van der Waals surface area contributed by atoms with E-state index in [1.807, 2.05) is 19.1 Å². The monoisotopic (exact) mass is 410 g/mol. The molecule has 3 N–H and O–H groups in total. The van der Waals surface area contributed by atoms with Crippen molar-refractivity contribution in [3.05, 3.63) is 29.3 Å². The summed E-state index contributed by atoms with van der Waals surface area (Å²) < 4.78 is 0. The Morgan fingerprint density at radius 1 is 1.07 bits per heavy atom. The highest BCUT2D eigenvalue weighted by Crippen LogP contribution is 2.26. The second-order valence-corrected chi connectivity index (χ2v) is 8.85. The number of anilines is 1. The summed E-state index contributed by atoms with van der Waals surface area (Å²) in [6, 6.07) is 8.14. The van der Waals surface area contributed by atoms with Gasteiger partial charge in [0.1, 0.15) is 5.54 Å². The van der Waals surface area contributed by atoms with E-state index in [1.54, 1.807) is 6.07 Å². The molecule has 6 heteroatoms. The number of benzene rings is 1. The van der Waals surface area contributed by atoms with Gasteiger partial charge in [-0.05, 0) is 56.4 Å². The quantitative estimate of drug-likeness (QED) is 0.613. The Hall–Kier alpha value is -2.55. The van der Waals surface area contributed by atoms with Crippen LogP contribution in [-0.4, -0.2) is 29.9 Å². The lowest BCUT2D eigenvalue weighted by molar-refractivity contribution is -0.120. The lowest BCUT2D eigenvalue weighted by Gasteiger charge is -2.26. The van der Waals surface area contributed by atoms with E-state index in [1.165, 1.54) is 19.3 Å². The molecule has 162 valence electrons. The summed E-state index contributed by atoms with van der Waals surface area (Å²) in [5, 5.41) is 18.9. The third-order valence-corrected chi connectivity index (χ3v) is 6.42. The number of carbonyl (C=O) groups is 2. The molecule has 3 rings (SSSR count). The zero-order valence-corrected chi connectivity index (χ0v) is 18.1. The second kappa shape index (κ2) is 10.5. The van der Waals surface area contributed by atoms with Gasteiger partial charge in [-0.3, -0.25) is 9.59 Å². The largest absolute Gasteiger partial charge is 0.376 e. The van der Waals surface area contributed by atoms with Crippen molar-refractivity contribution in [2.45, 2.75) is 89.1 Å². The van der Waals surface area contributed by atoms with Crippen molar-refractivity contribution in [1.29, 1.82) is 5.26 Å². The van der Waals surface area contributed by atoms with Gasteiger partial charge < -0.3 is 16.0 Å². The molecule has 1 aromatic carbocycles. The normalized spacial score (nSPS) is 19.2. The van der Waals surface area contributed by atoms with Crippen molar-refractivity contribution in [3.8, 4) is 6.07 Å². The molecule has 2 aliphatic carbocycles. The maximum atomic E-state index is 12.5. The van der Waals surface area contributed by atoms with E-state index < -0.39 is 5.54 Å². The molecule has 0 spiro atoms. The predicted molar refractivity (Wildman–Crippen MR) is 118 cm³/mol. The Morgan fingerprint density at radius 3 is 2.37 bits per heavy atom. The standard InChI is InChI=1S/C24H34N4O2/c1-18-15-19(23(30)27-20-9-5-4-6-10-20)11-12-21(18)26-16-22(29)28-24(17-25)13-7-2-3-8-14-24/h11-12,15,20,26H,2-10,13-14,16H2,1H3,(H,27,30)(H,28,29). The molecule has 0 aromatic heterocycles. The first-order valence-electron chi connectivity index (χ1n) is 11.4. The molecule has 0 aliphatic heterocycles. The van der Waals surface area contributed by atoms with Gasteiger partial charge in [0.2, 0.25) is 5.91 Å². The molecule has 2 saturated carbocycles. The SMILES string of the molecule is Cc1cc(C(=O)NC2CCCCC2)ccc1NCC(=O)NC1(C#N)CCCCCC1. The van der Waals surface area contributed by atoms with Crippen molar-refractivity contribution < 1.29 is 9.59 Å². The molecule has 0 unspecified atom stereocenters. The van der Waals surface area contributed by atoms with Gasteiger partial charge in [-0.1, -0.05) is 44.9 Å². The maximum absolute atomic E-state index is 12.5. The van der Waals surface area contributed by atoms with Gasteiger partial charge in [0, 0.05) is 17.3 Å². The van der Waals surface area contributed by atoms with Crippen LogP contribution in [0.1, 0.15) is 86.6 Å². The first-order chi connectivity index (χ1) is 14.5. The van der Waals surface area contributed by atoms with Crippen molar-refractivity contribution in [3.63, 3.8) is 0 Å². The topological polar surface area (TPSA) is 94.0 Å². The smallest absolute Gasteiger partial charge is 0.251 e. The summed E-state index contributed by atoms with van der Waals surface area (Å²) in [5.41, 5.74) is 1.66. The van der Waals surface area contributed by atoms with Crippen LogP contribution in [0.3, 0.4) is 0 Å². The zero-order valence-electron chi connectivity index (χ0n) is 18.1. The van der Waals surface area contributed by atoms with Gasteiger partial charge in [-0.2, -0.15) is 5.26 Å². The Balaban J connectivity index is 1.53. The van der Waals surface area contributed by atoms with E-state index in [9.17, 15) is 14.9 Å². The molecular weight excluding hydrogens is 376 g/mol. The predicted octanol–water partition coefficient (Wildman–Crippen LogP) is 4.20. The minimum absolute atomic E-state index is 0.0291. The van der Waals surface area contributed by atoms with Crippen molar-refractivity contribution in [1.82, 2.24) is 10.6 Å². The highest BCUT2D eigenvalue weighted by molar-refractivity contribution is 5.95. The van der Waals surface area contributed by atoms with Crippen LogP contribution in [0.4, 0.5) is 5.69 Å². The van der Waals surface area contributed by atoms with Crippen LogP contribution in [0, 0.1) is 18.3 Å². The molecule has 30 heavy (non-hydrogen) atoms. The van der Waals surface area contributed by atoms with Gasteiger partial charge in [-0.25, -0.2) is 0 Å². The second-order valence-electron chi connectivity index (χ2n) is 8.85. The average Bonchev–Trinajstić information content (AvgIpc) is 2.99. The number of nitrogens with one attached hydrogen (secondary N) is 3. The van der Waals surface area contributed by atoms with Gasteiger partial charge in [0.05, 0.1) is 12.6 Å². The summed E-state index contributed by atoms with van der Waals surface area (Å²) in [7, 11) is 0. The van der Waals surface area contributed by atoms with E-state index in [0.717, 1.165) is 62.6 Å². The molecule has 2 aliphatic rings. The highest BCUT2D eigenvalue weighted by atomic mass is 16.2. The van der Waals surface area contributed by atoms with Crippen LogP contribution < -0.4 is 16.0 Å². The Kier molecular flexibility index (Phi) is 7.73. The van der Waals surface area contributed by atoms with Crippen LogP contribution in [0.5, 0.6) is 0 Å². The summed E-state index contributed by atoms with van der Waals surface area (Å²) in [4.78, 5) is 25.0. The fourth-order valence-corrected chi connectivity index (χ4v) is 4.60. The first kappa shape index (κ1) is 22.1. The third kappa shape index (κ3) is 5.98. The molecule has 0 radical (unpaired) electrons. The van der Waals surface area contributed by atoms with E-state index >= 15 is 0 Å². The van der Waals surface area contributed by atoms with Gasteiger partial charge >= 0.3 is 0 Å². The van der Waals surface area contributed by atoms with Gasteiger partial charge in [0.15, 0.2) is 0 Å². The molecular formula is C24H34N4O2. The number of nitrogens with zero attached hydrogens (tertiary/aromatic N) is 1. The molecule has 2 fully saturated rings. The lowest BCUT2D eigenvalue weighted by Crippen LogP contribution is -2.49. The summed E-state index contributed by atoms with van der Waals surface area (Å²) in [5.74, 6) is -0.199. The molecule has 6 nitrogen and oxygen atoms in total. The van der Waals surface area contributed by atoms with Crippen molar-refractivity contribution in [2.75, 3.05) is 11.9 Å². The fourth-order valence-electron chi connectivity index (χ4n) is 4.60. The number of nitriles is 1. The highest BCUT2D eigenvalue weighted by Gasteiger charge is 2.32. The summed E-state index contributed by atoms with van der Waals surface area (Å²) in [6.45, 7) is 2.04. The maximum Gasteiger partial charge on any atom is 0.251 e. The third-order valence-electron chi connectivity index (χ3n) is 6.42. The number of hydrogen-bond donors (Lipinski definition) is 3. The van der Waals surface area contributed by atoms with Gasteiger partial charge in [-0.15, -0.1) is 0 Å². The average molecular weight is 411 g/mol. The van der Waals surface area contributed by atoms with Crippen LogP contribution >= 0.6 is 0 Å². The Labute approximate surface area is 179 Å². The van der Waals surface area contributed by atoms with Crippen LogP contribution in [-0.2, 0) is 4.79 Å². The number of aryl methyl sites for hydroxylation is 1. The Morgan fingerprint density at radius 2 is 1.73 bits per heavy atom. The molecule has 2 amide bonds. The zero-order chi connectivity index (χ0) is 21.4. The van der Waals surface area contributed by atoms with Gasteiger partial charge in [0.25, 0.3) is 5.91 Å². The van der Waals surface area contributed by atoms with E-state index in [0.29, 0.717) is 5.56 Å². The number of rotatable bonds is 6. The van der Waals surface area contributed by atoms with Crippen LogP contribution in [0.25, 0.3) is 0 Å². The number of amides is 2. The molecule has 0 saturated heterocycles. The fraction of sp³-hybridized carbons (Fsp3) is 0.625. The number of hydrogen-bond acceptors (Lipinski definition) is 4. The molecule has 1 aromatic rings. The summed E-state index contributed by atoms with van der Waals surface area (Å²) in [6.07, 6.45) is 11.4. The lowest BCUT2D eigenvalue weighted by atomic mass is 9.92. The van der Waals surface area contributed by atoms with E-state index in [4.69, 9.17) is 0 Å². The van der Waals surface area contributed by atoms with E-state index in [-0.39, 0.29) is 24.4 Å². The minimum Gasteiger partial charge on any atom is -0.376 e. The van der Waals surface area contributed by atoms with Crippen LogP contribution in [0.2, 0.25) is 0 Å². The van der Waals surface area contributed by atoms with Crippen molar-refractivity contribution >= 4 is 17.5 Å².